The molecule has 1 aromatic carbocycles. The van der Waals surface area contributed by atoms with Crippen molar-refractivity contribution in [3.63, 3.8) is 0 Å². The standard InChI is InChI=1S/C20H19N7O/c1-2-5-15-14(4-1)7-11-28-17(15)6-10-21-18-16-12-26-27(19(16)25-13-24-18)20-22-8-3-9-23-20/h1-5,8-9,12-13,17H,6-7,10-11H2,(H,21,24,25). The van der Waals surface area contributed by atoms with Crippen LogP contribution in [0.4, 0.5) is 5.82 Å². The molecule has 0 fully saturated rings. The molecule has 1 aliphatic rings. The fourth-order valence-corrected chi connectivity index (χ4v) is 3.57. The molecule has 0 saturated heterocycles. The maximum Gasteiger partial charge on any atom is 0.252 e. The van der Waals surface area contributed by atoms with Crippen molar-refractivity contribution in [2.24, 2.45) is 0 Å². The number of anilines is 1. The minimum atomic E-state index is 0.107. The molecule has 1 N–H and O–H groups in total. The van der Waals surface area contributed by atoms with E-state index in [1.54, 1.807) is 29.3 Å². The lowest BCUT2D eigenvalue weighted by Crippen LogP contribution is -2.19. The zero-order chi connectivity index (χ0) is 18.8. The van der Waals surface area contributed by atoms with Crippen LogP contribution in [0.25, 0.3) is 17.0 Å². The van der Waals surface area contributed by atoms with E-state index < -0.39 is 0 Å². The first-order valence-corrected chi connectivity index (χ1v) is 9.29. The minimum absolute atomic E-state index is 0.107. The molecule has 1 unspecified atom stereocenters. The number of hydrogen-bond acceptors (Lipinski definition) is 7. The van der Waals surface area contributed by atoms with Crippen molar-refractivity contribution >= 4 is 16.9 Å². The Bertz CT molecular complexity index is 1100. The normalized spacial score (nSPS) is 16.1. The Balaban J connectivity index is 1.34. The van der Waals surface area contributed by atoms with Crippen LogP contribution in [-0.4, -0.2) is 42.9 Å². The topological polar surface area (TPSA) is 90.6 Å². The van der Waals surface area contributed by atoms with Crippen molar-refractivity contribution in [3.8, 4) is 5.95 Å². The van der Waals surface area contributed by atoms with Gasteiger partial charge in [-0.2, -0.15) is 9.78 Å². The quantitative estimate of drug-likeness (QED) is 0.575. The lowest BCUT2D eigenvalue weighted by Gasteiger charge is -2.26. The first kappa shape index (κ1) is 16.8. The molecule has 0 aliphatic carbocycles. The molecule has 0 saturated carbocycles. The number of nitrogens with one attached hydrogen (secondary N) is 1. The molecule has 28 heavy (non-hydrogen) atoms. The Kier molecular flexibility index (Phi) is 4.38. The van der Waals surface area contributed by atoms with Gasteiger partial charge in [-0.1, -0.05) is 24.3 Å². The smallest absolute Gasteiger partial charge is 0.252 e. The third-order valence-corrected chi connectivity index (χ3v) is 4.90. The molecule has 0 amide bonds. The predicted octanol–water partition coefficient (Wildman–Crippen LogP) is 2.72. The summed E-state index contributed by atoms with van der Waals surface area (Å²) in [6.07, 6.45) is 8.57. The first-order chi connectivity index (χ1) is 13.9. The fourth-order valence-electron chi connectivity index (χ4n) is 3.57. The average Bonchev–Trinajstić information content (AvgIpc) is 3.20. The van der Waals surface area contributed by atoms with Crippen molar-refractivity contribution in [2.75, 3.05) is 18.5 Å². The van der Waals surface area contributed by atoms with E-state index in [2.05, 4.69) is 54.6 Å². The third-order valence-electron chi connectivity index (χ3n) is 4.90. The van der Waals surface area contributed by atoms with Gasteiger partial charge in [-0.25, -0.2) is 19.9 Å². The molecule has 0 bridgehead atoms. The molecule has 0 radical (unpaired) electrons. The summed E-state index contributed by atoms with van der Waals surface area (Å²) >= 11 is 0. The summed E-state index contributed by atoms with van der Waals surface area (Å²) in [6, 6.07) is 10.3. The molecule has 0 spiro atoms. The van der Waals surface area contributed by atoms with E-state index in [-0.39, 0.29) is 6.10 Å². The molecule has 1 aliphatic heterocycles. The summed E-state index contributed by atoms with van der Waals surface area (Å²) in [5.41, 5.74) is 3.34. The highest BCUT2D eigenvalue weighted by molar-refractivity contribution is 5.86. The molecule has 8 nitrogen and oxygen atoms in total. The Morgan fingerprint density at radius 3 is 2.89 bits per heavy atom. The van der Waals surface area contributed by atoms with Crippen LogP contribution in [-0.2, 0) is 11.2 Å². The number of fused-ring (bicyclic) bond motifs is 2. The second kappa shape index (κ2) is 7.32. The molecule has 4 aromatic rings. The van der Waals surface area contributed by atoms with Gasteiger partial charge in [-0.05, 0) is 30.0 Å². The van der Waals surface area contributed by atoms with Crippen molar-refractivity contribution in [1.82, 2.24) is 29.7 Å². The molecular formula is C20H19N7O. The summed E-state index contributed by atoms with van der Waals surface area (Å²) in [4.78, 5) is 17.2. The minimum Gasteiger partial charge on any atom is -0.373 e. The van der Waals surface area contributed by atoms with Crippen LogP contribution in [0.1, 0.15) is 23.7 Å². The zero-order valence-electron chi connectivity index (χ0n) is 15.2. The maximum atomic E-state index is 5.99. The van der Waals surface area contributed by atoms with Gasteiger partial charge in [0.05, 0.1) is 24.3 Å². The van der Waals surface area contributed by atoms with Crippen LogP contribution in [0.2, 0.25) is 0 Å². The monoisotopic (exact) mass is 373 g/mol. The summed E-state index contributed by atoms with van der Waals surface area (Å²) in [6.45, 7) is 1.50. The van der Waals surface area contributed by atoms with Gasteiger partial charge in [0.2, 0.25) is 0 Å². The van der Waals surface area contributed by atoms with Gasteiger partial charge < -0.3 is 10.1 Å². The summed E-state index contributed by atoms with van der Waals surface area (Å²) in [7, 11) is 0. The summed E-state index contributed by atoms with van der Waals surface area (Å²) in [5.74, 6) is 1.23. The SMILES string of the molecule is c1cnc(-n2ncc3c(NCCC4OCCc5ccccc54)ncnc32)nc1. The third kappa shape index (κ3) is 3.07. The molecule has 3 aromatic heterocycles. The molecular weight excluding hydrogens is 354 g/mol. The molecule has 1 atom stereocenters. The number of rotatable bonds is 5. The Morgan fingerprint density at radius 2 is 1.96 bits per heavy atom. The van der Waals surface area contributed by atoms with Gasteiger partial charge in [0.15, 0.2) is 5.65 Å². The maximum absolute atomic E-state index is 5.99. The molecule has 8 heteroatoms. The van der Waals surface area contributed by atoms with E-state index in [0.29, 0.717) is 11.6 Å². The Morgan fingerprint density at radius 1 is 1.07 bits per heavy atom. The van der Waals surface area contributed by atoms with Gasteiger partial charge in [0, 0.05) is 18.9 Å². The zero-order valence-corrected chi connectivity index (χ0v) is 15.2. The van der Waals surface area contributed by atoms with Crippen LogP contribution in [0, 0.1) is 0 Å². The molecule has 4 heterocycles. The largest absolute Gasteiger partial charge is 0.373 e. The average molecular weight is 373 g/mol. The van der Waals surface area contributed by atoms with Crippen LogP contribution < -0.4 is 5.32 Å². The van der Waals surface area contributed by atoms with Gasteiger partial charge in [-0.15, -0.1) is 0 Å². The molecule has 5 rings (SSSR count). The lowest BCUT2D eigenvalue weighted by molar-refractivity contribution is 0.0389. The summed E-state index contributed by atoms with van der Waals surface area (Å²) < 4.78 is 7.60. The van der Waals surface area contributed by atoms with E-state index >= 15 is 0 Å². The Hall–Kier alpha value is -3.39. The number of aromatic nitrogens is 6. The van der Waals surface area contributed by atoms with Crippen LogP contribution in [0.5, 0.6) is 0 Å². The number of nitrogens with zero attached hydrogens (tertiary/aromatic N) is 6. The number of hydrogen-bond donors (Lipinski definition) is 1. The molecule has 140 valence electrons. The van der Waals surface area contributed by atoms with E-state index in [4.69, 9.17) is 4.74 Å². The van der Waals surface area contributed by atoms with Gasteiger partial charge in [-0.3, -0.25) is 0 Å². The van der Waals surface area contributed by atoms with Gasteiger partial charge in [0.25, 0.3) is 5.95 Å². The van der Waals surface area contributed by atoms with Crippen LogP contribution >= 0.6 is 0 Å². The Labute approximate surface area is 161 Å². The van der Waals surface area contributed by atoms with E-state index in [1.807, 2.05) is 0 Å². The van der Waals surface area contributed by atoms with Gasteiger partial charge >= 0.3 is 0 Å². The van der Waals surface area contributed by atoms with Crippen molar-refractivity contribution in [3.05, 3.63) is 66.4 Å². The highest BCUT2D eigenvalue weighted by atomic mass is 16.5. The second-order valence-electron chi connectivity index (χ2n) is 6.59. The van der Waals surface area contributed by atoms with Crippen LogP contribution in [0.3, 0.4) is 0 Å². The van der Waals surface area contributed by atoms with E-state index in [9.17, 15) is 0 Å². The highest BCUT2D eigenvalue weighted by Gasteiger charge is 2.20. The highest BCUT2D eigenvalue weighted by Crippen LogP contribution is 2.29. The first-order valence-electron chi connectivity index (χ1n) is 9.29. The van der Waals surface area contributed by atoms with Gasteiger partial charge in [0.1, 0.15) is 12.1 Å². The second-order valence-corrected chi connectivity index (χ2v) is 6.59. The van der Waals surface area contributed by atoms with Crippen LogP contribution in [0.15, 0.2) is 55.2 Å². The van der Waals surface area contributed by atoms with Crippen molar-refractivity contribution in [1.29, 1.82) is 0 Å². The van der Waals surface area contributed by atoms with E-state index in [0.717, 1.165) is 37.2 Å². The van der Waals surface area contributed by atoms with Crippen molar-refractivity contribution < 1.29 is 4.74 Å². The summed E-state index contributed by atoms with van der Waals surface area (Å²) in [5, 5.41) is 8.62. The predicted molar refractivity (Wildman–Crippen MR) is 104 cm³/mol. The number of benzene rings is 1. The lowest BCUT2D eigenvalue weighted by atomic mass is 9.96. The fraction of sp³-hybridized carbons (Fsp3) is 0.250. The van der Waals surface area contributed by atoms with E-state index in [1.165, 1.54) is 17.5 Å². The number of ether oxygens (including phenoxy) is 1. The van der Waals surface area contributed by atoms with Crippen molar-refractivity contribution in [2.45, 2.75) is 18.9 Å².